The highest BCUT2D eigenvalue weighted by Crippen LogP contribution is 2.37. The highest BCUT2D eigenvalue weighted by Gasteiger charge is 2.21. The van der Waals surface area contributed by atoms with Gasteiger partial charge in [-0.1, -0.05) is 29.5 Å². The molecule has 0 radical (unpaired) electrons. The van der Waals surface area contributed by atoms with E-state index in [4.69, 9.17) is 5.11 Å². The number of thiazole rings is 1. The molecule has 25 heavy (non-hydrogen) atoms. The largest absolute Gasteiger partial charge is 0.492 e. The molecule has 2 aromatic rings. The average molecular weight is 356 g/mol. The zero-order chi connectivity index (χ0) is 17.2. The van der Waals surface area contributed by atoms with Gasteiger partial charge in [0.1, 0.15) is 0 Å². The van der Waals surface area contributed by atoms with Crippen molar-refractivity contribution in [2.45, 2.75) is 0 Å². The number of allylic oxidation sites excluding steroid dienone is 1. The standard InChI is InChI=1S/C18H20N4O2S/c23-10-9-21-5-7-22(8-6-21)18-20-17(24)16(25-18)11-13-12-19-15-4-2-1-3-14(13)15/h1-4,11-12,23-24H,5-10H2/b13-11+. The van der Waals surface area contributed by atoms with Gasteiger partial charge >= 0.3 is 0 Å². The van der Waals surface area contributed by atoms with Crippen molar-refractivity contribution in [3.8, 4) is 5.88 Å². The van der Waals surface area contributed by atoms with Crippen molar-refractivity contribution in [2.24, 2.45) is 4.99 Å². The molecule has 3 heterocycles. The van der Waals surface area contributed by atoms with Crippen LogP contribution in [-0.2, 0) is 0 Å². The Morgan fingerprint density at radius 2 is 1.96 bits per heavy atom. The number of aliphatic hydroxyl groups excluding tert-OH is 1. The van der Waals surface area contributed by atoms with E-state index in [2.05, 4.69) is 19.8 Å². The van der Waals surface area contributed by atoms with E-state index in [0.717, 1.165) is 53.0 Å². The van der Waals surface area contributed by atoms with Crippen molar-refractivity contribution in [2.75, 3.05) is 44.2 Å². The summed E-state index contributed by atoms with van der Waals surface area (Å²) in [7, 11) is 0. The van der Waals surface area contributed by atoms with Gasteiger partial charge in [0, 0.05) is 50.1 Å². The summed E-state index contributed by atoms with van der Waals surface area (Å²) in [6.07, 6.45) is 3.78. The summed E-state index contributed by atoms with van der Waals surface area (Å²) in [6, 6.07) is 7.98. The van der Waals surface area contributed by atoms with Crippen molar-refractivity contribution in [1.82, 2.24) is 9.88 Å². The summed E-state index contributed by atoms with van der Waals surface area (Å²) < 4.78 is 0. The maximum absolute atomic E-state index is 10.2. The minimum Gasteiger partial charge on any atom is -0.492 e. The fraction of sp³-hybridized carbons (Fsp3) is 0.333. The number of fused-ring (bicyclic) bond motifs is 1. The molecule has 2 aliphatic heterocycles. The van der Waals surface area contributed by atoms with Gasteiger partial charge < -0.3 is 15.1 Å². The molecular formula is C18H20N4O2S. The zero-order valence-corrected chi connectivity index (χ0v) is 14.6. The van der Waals surface area contributed by atoms with Crippen LogP contribution in [0.15, 0.2) is 29.3 Å². The Labute approximate surface area is 150 Å². The summed E-state index contributed by atoms with van der Waals surface area (Å²) in [5.41, 5.74) is 3.03. The number of aromatic hydroxyl groups is 1. The molecule has 0 unspecified atom stereocenters. The molecule has 0 aliphatic carbocycles. The predicted octanol–water partition coefficient (Wildman–Crippen LogP) is 2.22. The Morgan fingerprint density at radius 3 is 2.76 bits per heavy atom. The Bertz CT molecular complexity index is 822. The Hall–Kier alpha value is -2.22. The number of hydrogen-bond acceptors (Lipinski definition) is 7. The molecule has 0 saturated carbocycles. The molecule has 1 aromatic heterocycles. The molecular weight excluding hydrogens is 336 g/mol. The molecule has 0 amide bonds. The smallest absolute Gasteiger partial charge is 0.231 e. The van der Waals surface area contributed by atoms with Crippen LogP contribution in [0.5, 0.6) is 5.88 Å². The first-order valence-corrected chi connectivity index (χ1v) is 9.19. The fourth-order valence-electron chi connectivity index (χ4n) is 3.14. The highest BCUT2D eigenvalue weighted by atomic mass is 32.1. The number of aromatic nitrogens is 1. The first-order valence-electron chi connectivity index (χ1n) is 8.38. The highest BCUT2D eigenvalue weighted by molar-refractivity contribution is 7.16. The van der Waals surface area contributed by atoms with E-state index in [0.29, 0.717) is 6.54 Å². The van der Waals surface area contributed by atoms with Crippen LogP contribution in [0.1, 0.15) is 10.4 Å². The van der Waals surface area contributed by atoms with E-state index in [-0.39, 0.29) is 12.5 Å². The number of rotatable bonds is 4. The first-order chi connectivity index (χ1) is 12.2. The molecule has 1 saturated heterocycles. The maximum atomic E-state index is 10.2. The first kappa shape index (κ1) is 16.3. The second kappa shape index (κ2) is 6.95. The molecule has 4 rings (SSSR count). The average Bonchev–Trinajstić information content (AvgIpc) is 3.21. The molecule has 130 valence electrons. The SMILES string of the molecule is OCCN1CCN(c2nc(O)c(/C=C3\C=Nc4ccccc43)s2)CC1. The second-order valence-corrected chi connectivity index (χ2v) is 7.12. The van der Waals surface area contributed by atoms with E-state index in [1.807, 2.05) is 36.6 Å². The van der Waals surface area contributed by atoms with Gasteiger partial charge in [-0.25, -0.2) is 0 Å². The van der Waals surface area contributed by atoms with Crippen LogP contribution in [0.25, 0.3) is 11.6 Å². The quantitative estimate of drug-likeness (QED) is 0.879. The van der Waals surface area contributed by atoms with Crippen LogP contribution in [0, 0.1) is 0 Å². The van der Waals surface area contributed by atoms with Gasteiger partial charge in [-0.15, -0.1) is 0 Å². The van der Waals surface area contributed by atoms with E-state index >= 15 is 0 Å². The summed E-state index contributed by atoms with van der Waals surface area (Å²) in [5.74, 6) is 0.0723. The molecule has 0 bridgehead atoms. The number of piperazine rings is 1. The van der Waals surface area contributed by atoms with E-state index in [1.54, 1.807) is 0 Å². The van der Waals surface area contributed by atoms with Crippen LogP contribution in [0.2, 0.25) is 0 Å². The summed E-state index contributed by atoms with van der Waals surface area (Å²) in [6.45, 7) is 4.42. The van der Waals surface area contributed by atoms with Crippen LogP contribution >= 0.6 is 11.3 Å². The lowest BCUT2D eigenvalue weighted by molar-refractivity contribution is 0.188. The normalized spacial score (nSPS) is 18.9. The van der Waals surface area contributed by atoms with Crippen LogP contribution in [0.4, 0.5) is 10.8 Å². The summed E-state index contributed by atoms with van der Waals surface area (Å²) in [4.78, 5) is 13.9. The number of nitrogens with zero attached hydrogens (tertiary/aromatic N) is 4. The van der Waals surface area contributed by atoms with Gasteiger partial charge in [-0.3, -0.25) is 9.89 Å². The number of hydrogen-bond donors (Lipinski definition) is 2. The Kier molecular flexibility index (Phi) is 4.52. The molecule has 2 aliphatic rings. The molecule has 2 N–H and O–H groups in total. The lowest BCUT2D eigenvalue weighted by Crippen LogP contribution is -2.47. The number of aliphatic hydroxyl groups is 1. The van der Waals surface area contributed by atoms with Gasteiger partial charge in [0.15, 0.2) is 5.13 Å². The number of aliphatic imine (C=N–C) groups is 1. The fourth-order valence-corrected chi connectivity index (χ4v) is 4.10. The van der Waals surface area contributed by atoms with Gasteiger partial charge in [0.05, 0.1) is 17.2 Å². The third-order valence-corrected chi connectivity index (χ3v) is 5.58. The van der Waals surface area contributed by atoms with Crippen molar-refractivity contribution >= 4 is 40.0 Å². The van der Waals surface area contributed by atoms with Gasteiger partial charge in [-0.05, 0) is 12.1 Å². The number of anilines is 1. The lowest BCUT2D eigenvalue weighted by Gasteiger charge is -2.34. The van der Waals surface area contributed by atoms with Crippen molar-refractivity contribution in [3.63, 3.8) is 0 Å². The van der Waals surface area contributed by atoms with Crippen molar-refractivity contribution in [3.05, 3.63) is 34.7 Å². The number of benzene rings is 1. The second-order valence-electron chi connectivity index (χ2n) is 6.11. The van der Waals surface area contributed by atoms with Crippen LogP contribution < -0.4 is 4.90 Å². The van der Waals surface area contributed by atoms with Crippen LogP contribution in [0.3, 0.4) is 0 Å². The van der Waals surface area contributed by atoms with E-state index in [9.17, 15) is 5.11 Å². The zero-order valence-electron chi connectivity index (χ0n) is 13.8. The topological polar surface area (TPSA) is 72.2 Å². The minimum absolute atomic E-state index is 0.0723. The molecule has 0 spiro atoms. The summed E-state index contributed by atoms with van der Waals surface area (Å²) in [5, 5.41) is 20.1. The van der Waals surface area contributed by atoms with Crippen molar-refractivity contribution < 1.29 is 10.2 Å². The van der Waals surface area contributed by atoms with Crippen molar-refractivity contribution in [1.29, 1.82) is 0 Å². The predicted molar refractivity (Wildman–Crippen MR) is 102 cm³/mol. The Balaban J connectivity index is 1.52. The van der Waals surface area contributed by atoms with Gasteiger partial charge in [0.25, 0.3) is 0 Å². The summed E-state index contributed by atoms with van der Waals surface area (Å²) >= 11 is 1.50. The third-order valence-electron chi connectivity index (χ3n) is 4.53. The minimum atomic E-state index is 0.0723. The lowest BCUT2D eigenvalue weighted by atomic mass is 10.1. The molecule has 1 fully saturated rings. The van der Waals surface area contributed by atoms with Gasteiger partial charge in [0.2, 0.25) is 5.88 Å². The molecule has 7 heteroatoms. The number of β-amino-alcohol motifs (C(OH)–C–C–N with tert-alkyl or cyclic N) is 1. The molecule has 6 nitrogen and oxygen atoms in total. The van der Waals surface area contributed by atoms with E-state index in [1.165, 1.54) is 11.3 Å². The third kappa shape index (κ3) is 3.30. The molecule has 1 aromatic carbocycles. The number of para-hydroxylation sites is 1. The maximum Gasteiger partial charge on any atom is 0.231 e. The van der Waals surface area contributed by atoms with Gasteiger partial charge in [-0.2, -0.15) is 4.98 Å². The van der Waals surface area contributed by atoms with Crippen LogP contribution in [-0.4, -0.2) is 65.6 Å². The van der Waals surface area contributed by atoms with E-state index < -0.39 is 0 Å². The Morgan fingerprint density at radius 1 is 1.16 bits per heavy atom. The monoisotopic (exact) mass is 356 g/mol. The molecule has 0 atom stereocenters.